The third kappa shape index (κ3) is 2.62. The lowest BCUT2D eigenvalue weighted by molar-refractivity contribution is -0.111. The summed E-state index contributed by atoms with van der Waals surface area (Å²) < 4.78 is 26.7. The predicted octanol–water partition coefficient (Wildman–Crippen LogP) is 3.62. The van der Waals surface area contributed by atoms with E-state index in [4.69, 9.17) is 0 Å². The van der Waals surface area contributed by atoms with E-state index in [9.17, 15) is 13.6 Å². The van der Waals surface area contributed by atoms with Crippen molar-refractivity contribution >= 4 is 17.2 Å². The molecule has 2 unspecified atom stereocenters. The number of carbonyl (C=O) groups excluding carboxylic acids is 1. The third-order valence-corrected chi connectivity index (χ3v) is 3.45. The van der Waals surface area contributed by atoms with E-state index in [1.165, 1.54) is 19.1 Å². The van der Waals surface area contributed by atoms with Gasteiger partial charge in [-0.05, 0) is 18.1 Å². The van der Waals surface area contributed by atoms with Crippen LogP contribution in [-0.4, -0.2) is 11.5 Å². The molecule has 0 aromatic heterocycles. The van der Waals surface area contributed by atoms with Gasteiger partial charge in [-0.15, -0.1) is 0 Å². The van der Waals surface area contributed by atoms with Crippen molar-refractivity contribution in [3.8, 4) is 0 Å². The lowest BCUT2D eigenvalue weighted by Gasteiger charge is -2.23. The molecule has 0 saturated heterocycles. The molecule has 1 aromatic carbocycles. The van der Waals surface area contributed by atoms with E-state index in [0.717, 1.165) is 6.07 Å². The van der Waals surface area contributed by atoms with Crippen molar-refractivity contribution in [2.24, 2.45) is 16.8 Å². The van der Waals surface area contributed by atoms with Crippen molar-refractivity contribution in [3.05, 3.63) is 41.5 Å². The molecule has 0 spiro atoms. The second kappa shape index (κ2) is 5.03. The van der Waals surface area contributed by atoms with Gasteiger partial charge in [0.25, 0.3) is 0 Å². The first-order valence-electron chi connectivity index (χ1n) is 6.17. The first kappa shape index (κ1) is 13.6. The Labute approximate surface area is 110 Å². The van der Waals surface area contributed by atoms with Crippen molar-refractivity contribution in [1.29, 1.82) is 0 Å². The van der Waals surface area contributed by atoms with Gasteiger partial charge in [0.05, 0.1) is 11.4 Å². The number of hydrogen-bond acceptors (Lipinski definition) is 2. The highest BCUT2D eigenvalue weighted by Gasteiger charge is 2.26. The number of benzene rings is 1. The van der Waals surface area contributed by atoms with Crippen molar-refractivity contribution in [1.82, 2.24) is 0 Å². The van der Waals surface area contributed by atoms with Gasteiger partial charge in [-0.1, -0.05) is 19.9 Å². The van der Waals surface area contributed by atoms with E-state index in [0.29, 0.717) is 11.4 Å². The minimum absolute atomic E-state index is 0.00441. The van der Waals surface area contributed by atoms with Gasteiger partial charge in [0.15, 0.2) is 5.78 Å². The fraction of sp³-hybridized carbons (Fsp3) is 0.333. The molecule has 4 heteroatoms. The van der Waals surface area contributed by atoms with Crippen molar-refractivity contribution in [2.75, 3.05) is 0 Å². The highest BCUT2D eigenvalue weighted by molar-refractivity contribution is 6.40. The predicted molar refractivity (Wildman–Crippen MR) is 70.8 cm³/mol. The van der Waals surface area contributed by atoms with Crippen LogP contribution in [0.1, 0.15) is 26.3 Å². The summed E-state index contributed by atoms with van der Waals surface area (Å²) >= 11 is 0. The Hall–Kier alpha value is -1.84. The van der Waals surface area contributed by atoms with E-state index in [1.807, 2.05) is 19.9 Å². The monoisotopic (exact) mass is 263 g/mol. The van der Waals surface area contributed by atoms with E-state index >= 15 is 0 Å². The average Bonchev–Trinajstić information content (AvgIpc) is 2.32. The summed E-state index contributed by atoms with van der Waals surface area (Å²) in [5.74, 6) is -1.33. The first-order valence-corrected chi connectivity index (χ1v) is 6.17. The van der Waals surface area contributed by atoms with E-state index in [2.05, 4.69) is 4.99 Å². The second-order valence-corrected chi connectivity index (χ2v) is 4.88. The molecule has 0 bridgehead atoms. The fourth-order valence-corrected chi connectivity index (χ4v) is 2.16. The number of ketones is 1. The van der Waals surface area contributed by atoms with E-state index in [1.54, 1.807) is 0 Å². The molecule has 100 valence electrons. The summed E-state index contributed by atoms with van der Waals surface area (Å²) in [6.45, 7) is 5.31. The van der Waals surface area contributed by atoms with Crippen LogP contribution in [0.15, 0.2) is 29.3 Å². The molecular weight excluding hydrogens is 248 g/mol. The first-order chi connectivity index (χ1) is 8.90. The highest BCUT2D eigenvalue weighted by atomic mass is 19.1. The van der Waals surface area contributed by atoms with Gasteiger partial charge in [0.2, 0.25) is 0 Å². The minimum Gasteiger partial charge on any atom is -0.293 e. The SMILES string of the molecule is CC(=O)C1=NC(c2ccc(F)cc2F)=CC(C)C1C. The Morgan fingerprint density at radius 3 is 2.53 bits per heavy atom. The summed E-state index contributed by atoms with van der Waals surface area (Å²) in [6.07, 6.45) is 1.81. The van der Waals surface area contributed by atoms with Crippen LogP contribution < -0.4 is 0 Å². The van der Waals surface area contributed by atoms with Crippen LogP contribution in [0.25, 0.3) is 5.70 Å². The molecule has 0 N–H and O–H groups in total. The Kier molecular flexibility index (Phi) is 3.60. The van der Waals surface area contributed by atoms with Gasteiger partial charge in [-0.25, -0.2) is 13.8 Å². The van der Waals surface area contributed by atoms with Gasteiger partial charge in [0.1, 0.15) is 11.6 Å². The topological polar surface area (TPSA) is 29.4 Å². The molecule has 0 aliphatic carbocycles. The van der Waals surface area contributed by atoms with Crippen LogP contribution in [-0.2, 0) is 4.79 Å². The summed E-state index contributed by atoms with van der Waals surface area (Å²) in [5, 5.41) is 0. The minimum atomic E-state index is -0.667. The number of rotatable bonds is 2. The standard InChI is InChI=1S/C15H15F2NO/c1-8-6-14(18-15(9(8)2)10(3)19)12-5-4-11(16)7-13(12)17/h4-9H,1-3H3. The molecule has 2 rings (SSSR count). The normalized spacial score (nSPS) is 22.8. The van der Waals surface area contributed by atoms with Crippen LogP contribution >= 0.6 is 0 Å². The van der Waals surface area contributed by atoms with Crippen LogP contribution in [0.2, 0.25) is 0 Å². The fourth-order valence-electron chi connectivity index (χ4n) is 2.16. The van der Waals surface area contributed by atoms with Crippen molar-refractivity contribution in [3.63, 3.8) is 0 Å². The summed E-state index contributed by atoms with van der Waals surface area (Å²) in [4.78, 5) is 15.8. The lowest BCUT2D eigenvalue weighted by Crippen LogP contribution is -2.27. The summed E-state index contributed by atoms with van der Waals surface area (Å²) in [5.41, 5.74) is 1.06. The molecule has 0 fully saturated rings. The quantitative estimate of drug-likeness (QED) is 0.801. The number of hydrogen-bond donors (Lipinski definition) is 0. The number of halogens is 2. The molecule has 1 aromatic rings. The number of aliphatic imine (C=N–C) groups is 1. The van der Waals surface area contributed by atoms with Gasteiger partial charge in [-0.3, -0.25) is 4.79 Å². The van der Waals surface area contributed by atoms with Gasteiger partial charge in [0, 0.05) is 24.5 Å². The maximum absolute atomic E-state index is 13.8. The molecule has 19 heavy (non-hydrogen) atoms. The molecule has 2 atom stereocenters. The molecular formula is C15H15F2NO. The van der Waals surface area contributed by atoms with Gasteiger partial charge >= 0.3 is 0 Å². The molecule has 1 aliphatic heterocycles. The number of Topliss-reactive ketones (excluding diaryl/α,β-unsaturated/α-hetero) is 1. The smallest absolute Gasteiger partial charge is 0.174 e. The maximum atomic E-state index is 13.8. The maximum Gasteiger partial charge on any atom is 0.174 e. The van der Waals surface area contributed by atoms with Crippen LogP contribution in [0.3, 0.4) is 0 Å². The molecule has 0 radical (unpaired) electrons. The molecule has 0 saturated carbocycles. The van der Waals surface area contributed by atoms with E-state index in [-0.39, 0.29) is 23.2 Å². The van der Waals surface area contributed by atoms with E-state index < -0.39 is 11.6 Å². The Balaban J connectivity index is 2.50. The van der Waals surface area contributed by atoms with Crippen LogP contribution in [0.4, 0.5) is 8.78 Å². The third-order valence-electron chi connectivity index (χ3n) is 3.45. The summed E-state index contributed by atoms with van der Waals surface area (Å²) in [6, 6.07) is 3.35. The zero-order valence-corrected chi connectivity index (χ0v) is 11.1. The molecule has 1 aliphatic rings. The van der Waals surface area contributed by atoms with Crippen molar-refractivity contribution < 1.29 is 13.6 Å². The largest absolute Gasteiger partial charge is 0.293 e. The summed E-state index contributed by atoms with van der Waals surface area (Å²) in [7, 11) is 0. The number of carbonyl (C=O) groups is 1. The number of allylic oxidation sites excluding steroid dienone is 1. The number of nitrogens with zero attached hydrogens (tertiary/aromatic N) is 1. The zero-order valence-electron chi connectivity index (χ0n) is 11.1. The van der Waals surface area contributed by atoms with Crippen molar-refractivity contribution in [2.45, 2.75) is 20.8 Å². The molecule has 1 heterocycles. The van der Waals surface area contributed by atoms with Gasteiger partial charge in [-0.2, -0.15) is 0 Å². The highest BCUT2D eigenvalue weighted by Crippen LogP contribution is 2.30. The Morgan fingerprint density at radius 2 is 1.95 bits per heavy atom. The molecule has 0 amide bonds. The van der Waals surface area contributed by atoms with Gasteiger partial charge < -0.3 is 0 Å². The van der Waals surface area contributed by atoms with Crippen LogP contribution in [0, 0.1) is 23.5 Å². The lowest BCUT2D eigenvalue weighted by atomic mass is 9.85. The van der Waals surface area contributed by atoms with Crippen LogP contribution in [0.5, 0.6) is 0 Å². The Morgan fingerprint density at radius 1 is 1.26 bits per heavy atom. The Bertz CT molecular complexity index is 590. The zero-order chi connectivity index (χ0) is 14.2. The second-order valence-electron chi connectivity index (χ2n) is 4.88. The molecule has 2 nitrogen and oxygen atoms in total. The average molecular weight is 263 g/mol.